The Balaban J connectivity index is 0.00000112. The van der Waals surface area contributed by atoms with Gasteiger partial charge >= 0.3 is 6.03 Å². The molecule has 0 aliphatic carbocycles. The van der Waals surface area contributed by atoms with Crippen LogP contribution < -0.4 is 5.32 Å². The van der Waals surface area contributed by atoms with E-state index in [-0.39, 0.29) is 18.4 Å². The fraction of sp³-hybridized carbons (Fsp3) is 0.900. The van der Waals surface area contributed by atoms with Crippen molar-refractivity contribution in [1.82, 2.24) is 15.1 Å². The lowest BCUT2D eigenvalue weighted by molar-refractivity contribution is 0.138. The molecule has 2 saturated heterocycles. The number of urea groups is 1. The highest BCUT2D eigenvalue weighted by atomic mass is 35.5. The van der Waals surface area contributed by atoms with E-state index in [1.165, 1.54) is 19.3 Å². The summed E-state index contributed by atoms with van der Waals surface area (Å²) in [4.78, 5) is 16.0. The first-order valence-electron chi connectivity index (χ1n) is 5.62. The van der Waals surface area contributed by atoms with Crippen LogP contribution in [0.2, 0.25) is 0 Å². The van der Waals surface area contributed by atoms with Gasteiger partial charge in [0.2, 0.25) is 0 Å². The highest BCUT2D eigenvalue weighted by molar-refractivity contribution is 5.85. The normalized spacial score (nSPS) is 22.1. The van der Waals surface area contributed by atoms with Gasteiger partial charge in [0, 0.05) is 39.3 Å². The summed E-state index contributed by atoms with van der Waals surface area (Å²) in [5.41, 5.74) is 0. The standard InChI is InChI=1S/C10H19N3O.ClH/c14-10(12-6-2-1-3-7-12)13-8-4-11-5-9-13;/h11H,1-9H2;1H. The monoisotopic (exact) mass is 233 g/mol. The third kappa shape index (κ3) is 3.24. The van der Waals surface area contributed by atoms with Crippen LogP contribution in [0.15, 0.2) is 0 Å². The van der Waals surface area contributed by atoms with Gasteiger partial charge in [-0.2, -0.15) is 0 Å². The Hall–Kier alpha value is -0.480. The van der Waals surface area contributed by atoms with Crippen LogP contribution in [0.5, 0.6) is 0 Å². The SMILES string of the molecule is Cl.O=C(N1CCCCC1)N1CCNCC1. The van der Waals surface area contributed by atoms with Gasteiger partial charge in [-0.1, -0.05) is 0 Å². The van der Waals surface area contributed by atoms with Gasteiger partial charge in [0.05, 0.1) is 0 Å². The highest BCUT2D eigenvalue weighted by Gasteiger charge is 2.23. The zero-order valence-electron chi connectivity index (χ0n) is 9.07. The molecule has 0 unspecified atom stereocenters. The number of nitrogens with zero attached hydrogens (tertiary/aromatic N) is 2. The van der Waals surface area contributed by atoms with Crippen LogP contribution in [-0.2, 0) is 0 Å². The molecule has 0 aromatic heterocycles. The largest absolute Gasteiger partial charge is 0.325 e. The molecule has 88 valence electrons. The molecule has 0 saturated carbocycles. The summed E-state index contributed by atoms with van der Waals surface area (Å²) in [6.07, 6.45) is 3.64. The highest BCUT2D eigenvalue weighted by Crippen LogP contribution is 2.11. The molecule has 0 radical (unpaired) electrons. The molecule has 2 aliphatic heterocycles. The summed E-state index contributed by atoms with van der Waals surface area (Å²) in [7, 11) is 0. The molecule has 0 bridgehead atoms. The molecule has 0 spiro atoms. The first-order chi connectivity index (χ1) is 6.88. The Morgan fingerprint density at radius 2 is 1.40 bits per heavy atom. The maximum absolute atomic E-state index is 12.0. The number of halogens is 1. The number of nitrogens with one attached hydrogen (secondary N) is 1. The minimum atomic E-state index is 0. The summed E-state index contributed by atoms with van der Waals surface area (Å²) < 4.78 is 0. The minimum absolute atomic E-state index is 0. The second-order valence-electron chi connectivity index (χ2n) is 4.07. The summed E-state index contributed by atoms with van der Waals surface area (Å²) >= 11 is 0. The predicted molar refractivity (Wildman–Crippen MR) is 62.5 cm³/mol. The fourth-order valence-electron chi connectivity index (χ4n) is 2.14. The van der Waals surface area contributed by atoms with E-state index in [1.54, 1.807) is 0 Å². The van der Waals surface area contributed by atoms with E-state index < -0.39 is 0 Å². The van der Waals surface area contributed by atoms with E-state index in [1.807, 2.05) is 9.80 Å². The molecule has 1 N–H and O–H groups in total. The average Bonchev–Trinajstić information content (AvgIpc) is 2.30. The van der Waals surface area contributed by atoms with Crippen LogP contribution in [0, 0.1) is 0 Å². The number of hydrogen-bond acceptors (Lipinski definition) is 2. The van der Waals surface area contributed by atoms with Gasteiger partial charge in [-0.3, -0.25) is 0 Å². The van der Waals surface area contributed by atoms with Crippen molar-refractivity contribution in [3.8, 4) is 0 Å². The van der Waals surface area contributed by atoms with Crippen molar-refractivity contribution in [2.24, 2.45) is 0 Å². The lowest BCUT2D eigenvalue weighted by atomic mass is 10.1. The van der Waals surface area contributed by atoms with E-state index in [4.69, 9.17) is 0 Å². The van der Waals surface area contributed by atoms with Gasteiger partial charge in [-0.25, -0.2) is 4.79 Å². The summed E-state index contributed by atoms with van der Waals surface area (Å²) in [6.45, 7) is 5.55. The van der Waals surface area contributed by atoms with E-state index in [2.05, 4.69) is 5.32 Å². The molecular formula is C10H20ClN3O. The number of carbonyl (C=O) groups excluding carboxylic acids is 1. The Morgan fingerprint density at radius 1 is 0.867 bits per heavy atom. The van der Waals surface area contributed by atoms with Crippen molar-refractivity contribution in [3.63, 3.8) is 0 Å². The molecule has 0 atom stereocenters. The van der Waals surface area contributed by atoms with Crippen LogP contribution in [0.3, 0.4) is 0 Å². The third-order valence-electron chi connectivity index (χ3n) is 3.01. The lowest BCUT2D eigenvalue weighted by Gasteiger charge is -2.35. The maximum atomic E-state index is 12.0. The van der Waals surface area contributed by atoms with Gasteiger partial charge in [0.15, 0.2) is 0 Å². The summed E-state index contributed by atoms with van der Waals surface area (Å²) in [5, 5.41) is 3.26. The average molecular weight is 234 g/mol. The van der Waals surface area contributed by atoms with Crippen LogP contribution in [0.1, 0.15) is 19.3 Å². The first kappa shape index (κ1) is 12.6. The molecule has 2 fully saturated rings. The minimum Gasteiger partial charge on any atom is -0.325 e. The molecule has 2 amide bonds. The second-order valence-corrected chi connectivity index (χ2v) is 4.07. The zero-order valence-corrected chi connectivity index (χ0v) is 9.89. The van der Waals surface area contributed by atoms with Crippen molar-refractivity contribution in [2.75, 3.05) is 39.3 Å². The molecule has 2 heterocycles. The van der Waals surface area contributed by atoms with Crippen molar-refractivity contribution in [2.45, 2.75) is 19.3 Å². The molecular weight excluding hydrogens is 214 g/mol. The van der Waals surface area contributed by atoms with Crippen molar-refractivity contribution in [3.05, 3.63) is 0 Å². The van der Waals surface area contributed by atoms with E-state index in [9.17, 15) is 4.79 Å². The van der Waals surface area contributed by atoms with Gasteiger partial charge < -0.3 is 15.1 Å². The quantitative estimate of drug-likeness (QED) is 0.676. The molecule has 15 heavy (non-hydrogen) atoms. The number of carbonyl (C=O) groups is 1. The molecule has 0 aromatic carbocycles. The maximum Gasteiger partial charge on any atom is 0.320 e. The Kier molecular flexibility index (Phi) is 5.19. The number of hydrogen-bond donors (Lipinski definition) is 1. The Morgan fingerprint density at radius 3 is 2.00 bits per heavy atom. The number of piperazine rings is 1. The fourth-order valence-corrected chi connectivity index (χ4v) is 2.14. The number of piperidine rings is 1. The number of amides is 2. The van der Waals surface area contributed by atoms with Crippen molar-refractivity contribution >= 4 is 18.4 Å². The summed E-state index contributed by atoms with van der Waals surface area (Å²) in [5.74, 6) is 0. The van der Waals surface area contributed by atoms with E-state index in [0.29, 0.717) is 0 Å². The first-order valence-corrected chi connectivity index (χ1v) is 5.62. The molecule has 2 aliphatic rings. The van der Waals surface area contributed by atoms with Crippen molar-refractivity contribution < 1.29 is 4.79 Å². The van der Waals surface area contributed by atoms with Gasteiger partial charge in [-0.15, -0.1) is 12.4 Å². The topological polar surface area (TPSA) is 35.6 Å². The Bertz CT molecular complexity index is 181. The predicted octanol–water partition coefficient (Wildman–Crippen LogP) is 0.919. The van der Waals surface area contributed by atoms with Crippen LogP contribution in [0.25, 0.3) is 0 Å². The zero-order chi connectivity index (χ0) is 9.80. The molecule has 4 nitrogen and oxygen atoms in total. The second kappa shape index (κ2) is 6.18. The van der Waals surface area contributed by atoms with Crippen molar-refractivity contribution in [1.29, 1.82) is 0 Å². The van der Waals surface area contributed by atoms with E-state index >= 15 is 0 Å². The molecule has 0 aromatic rings. The van der Waals surface area contributed by atoms with Crippen LogP contribution in [0.4, 0.5) is 4.79 Å². The number of rotatable bonds is 0. The van der Waals surface area contributed by atoms with Gasteiger partial charge in [0.25, 0.3) is 0 Å². The van der Waals surface area contributed by atoms with Gasteiger partial charge in [0.1, 0.15) is 0 Å². The van der Waals surface area contributed by atoms with Crippen LogP contribution >= 0.6 is 12.4 Å². The lowest BCUT2D eigenvalue weighted by Crippen LogP contribution is -2.52. The van der Waals surface area contributed by atoms with E-state index in [0.717, 1.165) is 39.3 Å². The third-order valence-corrected chi connectivity index (χ3v) is 3.01. The molecule has 2 rings (SSSR count). The van der Waals surface area contributed by atoms with Gasteiger partial charge in [-0.05, 0) is 19.3 Å². The smallest absolute Gasteiger partial charge is 0.320 e. The summed E-state index contributed by atoms with van der Waals surface area (Å²) in [6, 6.07) is 0.256. The Labute approximate surface area is 97.4 Å². The van der Waals surface area contributed by atoms with Crippen LogP contribution in [-0.4, -0.2) is 55.1 Å². The molecule has 5 heteroatoms. The number of likely N-dealkylation sites (tertiary alicyclic amines) is 1.